The minimum absolute atomic E-state index is 0.0959. The van der Waals surface area contributed by atoms with Gasteiger partial charge in [0.15, 0.2) is 18.1 Å². The Morgan fingerprint density at radius 1 is 1.22 bits per heavy atom. The van der Waals surface area contributed by atoms with E-state index in [9.17, 15) is 9.18 Å². The van der Waals surface area contributed by atoms with Crippen molar-refractivity contribution in [3.05, 3.63) is 71.6 Å². The van der Waals surface area contributed by atoms with Crippen molar-refractivity contribution in [2.75, 3.05) is 0 Å². The predicted molar refractivity (Wildman–Crippen MR) is 74.7 cm³/mol. The largest absolute Gasteiger partial charge is 0.451 e. The first kappa shape index (κ1) is 14.8. The van der Waals surface area contributed by atoms with Gasteiger partial charge >= 0.3 is 5.97 Å². The number of rotatable bonds is 5. The number of carbonyl (C=O) groups is 1. The molecule has 0 aliphatic heterocycles. The van der Waals surface area contributed by atoms with Gasteiger partial charge < -0.3 is 9.26 Å². The summed E-state index contributed by atoms with van der Waals surface area (Å²) in [6.45, 7) is -0.161. The third-order valence-corrected chi connectivity index (χ3v) is 2.88. The molecule has 0 unspecified atom stereocenters. The Hall–Kier alpha value is -3.16. The van der Waals surface area contributed by atoms with Crippen molar-refractivity contribution in [3.63, 3.8) is 0 Å². The molecule has 3 rings (SSSR count). The summed E-state index contributed by atoms with van der Waals surface area (Å²) in [7, 11) is 0. The number of hydrogen-bond donors (Lipinski definition) is 0. The molecular formula is C15H11FN4O3. The van der Waals surface area contributed by atoms with Crippen LogP contribution in [0.1, 0.15) is 27.8 Å². The van der Waals surface area contributed by atoms with Gasteiger partial charge in [-0.2, -0.15) is 4.98 Å². The van der Waals surface area contributed by atoms with Gasteiger partial charge in [0.2, 0.25) is 0 Å². The van der Waals surface area contributed by atoms with E-state index in [-0.39, 0.29) is 24.0 Å². The monoisotopic (exact) mass is 314 g/mol. The van der Waals surface area contributed by atoms with Crippen LogP contribution in [-0.4, -0.2) is 26.1 Å². The zero-order valence-corrected chi connectivity index (χ0v) is 11.8. The second-order valence-electron chi connectivity index (χ2n) is 4.57. The van der Waals surface area contributed by atoms with Crippen LogP contribution in [0.3, 0.4) is 0 Å². The first-order chi connectivity index (χ1) is 11.2. The highest BCUT2D eigenvalue weighted by molar-refractivity contribution is 5.86. The van der Waals surface area contributed by atoms with Crippen molar-refractivity contribution in [1.82, 2.24) is 20.1 Å². The summed E-state index contributed by atoms with van der Waals surface area (Å²) in [6.07, 6.45) is 4.54. The Morgan fingerprint density at radius 3 is 2.78 bits per heavy atom. The van der Waals surface area contributed by atoms with E-state index < -0.39 is 5.97 Å². The van der Waals surface area contributed by atoms with Gasteiger partial charge in [-0.1, -0.05) is 17.3 Å². The maximum absolute atomic E-state index is 12.8. The third-order valence-electron chi connectivity index (χ3n) is 2.88. The number of hydrogen-bond acceptors (Lipinski definition) is 7. The van der Waals surface area contributed by atoms with Crippen LogP contribution in [0.25, 0.3) is 0 Å². The van der Waals surface area contributed by atoms with Crippen LogP contribution in [0, 0.1) is 5.82 Å². The minimum Gasteiger partial charge on any atom is -0.451 e. The van der Waals surface area contributed by atoms with Crippen LogP contribution in [0.5, 0.6) is 0 Å². The van der Waals surface area contributed by atoms with Crippen molar-refractivity contribution < 1.29 is 18.4 Å². The van der Waals surface area contributed by atoms with Crippen molar-refractivity contribution >= 4 is 5.97 Å². The summed E-state index contributed by atoms with van der Waals surface area (Å²) in [5.41, 5.74) is 0.939. The zero-order chi connectivity index (χ0) is 16.1. The molecule has 0 spiro atoms. The molecule has 0 fully saturated rings. The van der Waals surface area contributed by atoms with Crippen LogP contribution in [0.15, 0.2) is 47.4 Å². The number of nitrogens with zero attached hydrogens (tertiary/aromatic N) is 4. The quantitative estimate of drug-likeness (QED) is 0.665. The van der Waals surface area contributed by atoms with Crippen LogP contribution in [-0.2, 0) is 17.8 Å². The van der Waals surface area contributed by atoms with Gasteiger partial charge in [-0.25, -0.2) is 14.2 Å². The van der Waals surface area contributed by atoms with E-state index in [1.54, 1.807) is 12.1 Å². The fourth-order valence-electron chi connectivity index (χ4n) is 1.81. The molecule has 0 saturated carbocycles. The van der Waals surface area contributed by atoms with Crippen molar-refractivity contribution in [2.24, 2.45) is 0 Å². The molecule has 23 heavy (non-hydrogen) atoms. The number of aromatic nitrogens is 4. The molecule has 7 nitrogen and oxygen atoms in total. The van der Waals surface area contributed by atoms with Crippen molar-refractivity contribution in [1.29, 1.82) is 0 Å². The number of ether oxygens (including phenoxy) is 1. The van der Waals surface area contributed by atoms with E-state index >= 15 is 0 Å². The van der Waals surface area contributed by atoms with E-state index in [0.717, 1.165) is 5.56 Å². The van der Waals surface area contributed by atoms with E-state index in [0.29, 0.717) is 12.2 Å². The number of carbonyl (C=O) groups excluding carboxylic acids is 1. The predicted octanol–water partition coefficient (Wildman–Crippen LogP) is 1.95. The fraction of sp³-hybridized carbons (Fsp3) is 0.133. The number of halogens is 1. The molecular weight excluding hydrogens is 303 g/mol. The van der Waals surface area contributed by atoms with E-state index in [2.05, 4.69) is 20.1 Å². The zero-order valence-electron chi connectivity index (χ0n) is 11.8. The molecule has 2 aromatic heterocycles. The molecule has 0 bridgehead atoms. The molecule has 1 aromatic carbocycles. The highest BCUT2D eigenvalue weighted by atomic mass is 19.1. The first-order valence-electron chi connectivity index (χ1n) is 6.70. The summed E-state index contributed by atoms with van der Waals surface area (Å²) < 4.78 is 22.8. The Labute approximate surface area is 130 Å². The van der Waals surface area contributed by atoms with Crippen LogP contribution < -0.4 is 0 Å². The number of esters is 1. The number of benzene rings is 1. The molecule has 2 heterocycles. The molecule has 0 amide bonds. The fourth-order valence-corrected chi connectivity index (χ4v) is 1.81. The second-order valence-corrected chi connectivity index (χ2v) is 4.57. The topological polar surface area (TPSA) is 91.0 Å². The molecule has 116 valence electrons. The van der Waals surface area contributed by atoms with Crippen molar-refractivity contribution in [3.8, 4) is 0 Å². The average molecular weight is 314 g/mol. The van der Waals surface area contributed by atoms with Gasteiger partial charge in [-0.05, 0) is 17.7 Å². The smallest absolute Gasteiger partial charge is 0.359 e. The Bertz CT molecular complexity index is 790. The van der Waals surface area contributed by atoms with Gasteiger partial charge in [0.25, 0.3) is 5.89 Å². The highest BCUT2D eigenvalue weighted by Crippen LogP contribution is 2.09. The SMILES string of the molecule is O=C(OCc1nc(Cc2ccc(F)cc2)no1)c1cnccn1. The van der Waals surface area contributed by atoms with Gasteiger partial charge in [0.1, 0.15) is 5.82 Å². The Kier molecular flexibility index (Phi) is 4.32. The molecule has 0 atom stereocenters. The molecule has 0 aliphatic rings. The highest BCUT2D eigenvalue weighted by Gasteiger charge is 2.12. The van der Waals surface area contributed by atoms with Crippen LogP contribution >= 0.6 is 0 Å². The van der Waals surface area contributed by atoms with Crippen LogP contribution in [0.2, 0.25) is 0 Å². The van der Waals surface area contributed by atoms with Gasteiger partial charge in [-0.15, -0.1) is 0 Å². The molecule has 0 N–H and O–H groups in total. The molecule has 3 aromatic rings. The lowest BCUT2D eigenvalue weighted by Crippen LogP contribution is -2.07. The average Bonchev–Trinajstić information content (AvgIpc) is 3.03. The van der Waals surface area contributed by atoms with Gasteiger partial charge in [-0.3, -0.25) is 4.98 Å². The third kappa shape index (κ3) is 3.94. The normalized spacial score (nSPS) is 10.5. The van der Waals surface area contributed by atoms with Crippen LogP contribution in [0.4, 0.5) is 4.39 Å². The summed E-state index contributed by atoms with van der Waals surface area (Å²) in [4.78, 5) is 23.4. The first-order valence-corrected chi connectivity index (χ1v) is 6.70. The van der Waals surface area contributed by atoms with E-state index in [1.807, 2.05) is 0 Å². The maximum atomic E-state index is 12.8. The van der Waals surface area contributed by atoms with Crippen molar-refractivity contribution in [2.45, 2.75) is 13.0 Å². The molecule has 8 heteroatoms. The lowest BCUT2D eigenvalue weighted by molar-refractivity contribution is 0.0422. The summed E-state index contributed by atoms with van der Waals surface area (Å²) in [5, 5.41) is 3.79. The lowest BCUT2D eigenvalue weighted by atomic mass is 10.1. The second kappa shape index (κ2) is 6.73. The molecule has 0 saturated heterocycles. The Balaban J connectivity index is 1.57. The minimum atomic E-state index is -0.628. The standard InChI is InChI=1S/C15H11FN4O3/c16-11-3-1-10(2-4-11)7-13-19-14(23-20-13)9-22-15(21)12-8-17-5-6-18-12/h1-6,8H,7,9H2. The summed E-state index contributed by atoms with van der Waals surface area (Å²) >= 11 is 0. The maximum Gasteiger partial charge on any atom is 0.359 e. The Morgan fingerprint density at radius 2 is 2.04 bits per heavy atom. The lowest BCUT2D eigenvalue weighted by Gasteiger charge is -1.99. The summed E-state index contributed by atoms with van der Waals surface area (Å²) in [6, 6.07) is 6.00. The van der Waals surface area contributed by atoms with Gasteiger partial charge in [0, 0.05) is 18.8 Å². The van der Waals surface area contributed by atoms with E-state index in [1.165, 1.54) is 30.7 Å². The molecule has 0 radical (unpaired) electrons. The summed E-state index contributed by atoms with van der Waals surface area (Å²) in [5.74, 6) is -0.351. The van der Waals surface area contributed by atoms with E-state index in [4.69, 9.17) is 9.26 Å². The molecule has 0 aliphatic carbocycles. The van der Waals surface area contributed by atoms with Gasteiger partial charge in [0.05, 0.1) is 6.20 Å².